The normalized spacial score (nSPS) is 19.5. The van der Waals surface area contributed by atoms with E-state index < -0.39 is 5.82 Å². The van der Waals surface area contributed by atoms with Crippen LogP contribution in [0, 0.1) is 24.1 Å². The third kappa shape index (κ3) is 2.11. The number of rotatable bonds is 1. The molecular formula is C12H8Cl2FNO. The molecule has 88 valence electrons. The Balaban J connectivity index is 2.40. The van der Waals surface area contributed by atoms with Crippen molar-refractivity contribution in [3.05, 3.63) is 28.0 Å². The minimum atomic E-state index is -0.690. The van der Waals surface area contributed by atoms with Gasteiger partial charge in [-0.25, -0.2) is 4.39 Å². The van der Waals surface area contributed by atoms with Crippen LogP contribution < -0.4 is 4.90 Å². The van der Waals surface area contributed by atoms with Gasteiger partial charge in [-0.3, -0.25) is 4.79 Å². The van der Waals surface area contributed by atoms with Crippen LogP contribution in [0.4, 0.5) is 10.1 Å². The minimum absolute atomic E-state index is 0.119. The molecule has 1 aliphatic rings. The molecule has 0 aromatic heterocycles. The summed E-state index contributed by atoms with van der Waals surface area (Å²) in [7, 11) is 0. The van der Waals surface area contributed by atoms with Gasteiger partial charge >= 0.3 is 0 Å². The molecule has 17 heavy (non-hydrogen) atoms. The molecule has 1 amide bonds. The predicted molar refractivity (Wildman–Crippen MR) is 65.7 cm³/mol. The molecule has 0 spiro atoms. The summed E-state index contributed by atoms with van der Waals surface area (Å²) in [5.74, 6) is 1.42. The summed E-state index contributed by atoms with van der Waals surface area (Å²) in [6, 6.07) is 2.89. The molecule has 2 nitrogen and oxygen atoms in total. The molecule has 2 rings (SSSR count). The number of terminal acetylenes is 1. The molecule has 5 heteroatoms. The fraction of sp³-hybridized carbons (Fsp3) is 0.250. The molecule has 1 heterocycles. The number of hydrogen-bond donors (Lipinski definition) is 0. The second-order valence-corrected chi connectivity index (χ2v) is 4.55. The van der Waals surface area contributed by atoms with Gasteiger partial charge in [0.05, 0.1) is 15.7 Å². The Morgan fingerprint density at radius 3 is 2.76 bits per heavy atom. The third-order valence-electron chi connectivity index (χ3n) is 2.67. The van der Waals surface area contributed by atoms with Crippen LogP contribution in [0.25, 0.3) is 0 Å². The van der Waals surface area contributed by atoms with Gasteiger partial charge < -0.3 is 4.90 Å². The van der Waals surface area contributed by atoms with Gasteiger partial charge in [-0.2, -0.15) is 0 Å². The van der Waals surface area contributed by atoms with Gasteiger partial charge in [0.2, 0.25) is 5.91 Å². The summed E-state index contributed by atoms with van der Waals surface area (Å²) < 4.78 is 13.9. The number of anilines is 1. The van der Waals surface area contributed by atoms with E-state index in [4.69, 9.17) is 29.6 Å². The number of nitrogens with zero attached hydrogens (tertiary/aromatic N) is 1. The highest BCUT2D eigenvalue weighted by Gasteiger charge is 2.31. The van der Waals surface area contributed by atoms with Gasteiger partial charge in [0.15, 0.2) is 5.82 Å². The van der Waals surface area contributed by atoms with Crippen molar-refractivity contribution < 1.29 is 9.18 Å². The molecule has 1 aromatic carbocycles. The quantitative estimate of drug-likeness (QED) is 0.568. The lowest BCUT2D eigenvalue weighted by atomic mass is 10.1. The number of carbonyl (C=O) groups excluding carboxylic acids is 1. The lowest BCUT2D eigenvalue weighted by molar-refractivity contribution is -0.117. The fourth-order valence-corrected chi connectivity index (χ4v) is 2.08. The van der Waals surface area contributed by atoms with E-state index in [1.54, 1.807) is 0 Å². The van der Waals surface area contributed by atoms with Crippen molar-refractivity contribution in [1.29, 1.82) is 0 Å². The maximum Gasteiger partial charge on any atom is 0.228 e. The molecule has 1 saturated heterocycles. The molecule has 1 atom stereocenters. The number of carbonyl (C=O) groups is 1. The van der Waals surface area contributed by atoms with Gasteiger partial charge in [0.1, 0.15) is 0 Å². The Labute approximate surface area is 108 Å². The number of benzene rings is 1. The average Bonchev–Trinajstić information content (AvgIpc) is 2.68. The summed E-state index contributed by atoms with van der Waals surface area (Å²) in [6.45, 7) is 0.310. The molecule has 1 aliphatic heterocycles. The molecule has 1 aromatic rings. The second kappa shape index (κ2) is 4.56. The third-order valence-corrected chi connectivity index (χ3v) is 3.45. The molecule has 1 fully saturated rings. The highest BCUT2D eigenvalue weighted by Crippen LogP contribution is 2.34. The van der Waals surface area contributed by atoms with E-state index >= 15 is 0 Å². The summed E-state index contributed by atoms with van der Waals surface area (Å²) in [5.41, 5.74) is 0.127. The standard InChI is InChI=1S/C12H8Cl2FNO/c1-2-7-5-10(17)16(6-7)9-4-3-8(13)11(14)12(9)15/h1,3-4,7H,5-6H2. The molecule has 0 saturated carbocycles. The summed E-state index contributed by atoms with van der Waals surface area (Å²) in [5, 5.41) is -0.0609. The van der Waals surface area contributed by atoms with Crippen LogP contribution in [-0.4, -0.2) is 12.5 Å². The second-order valence-electron chi connectivity index (χ2n) is 3.77. The predicted octanol–water partition coefficient (Wildman–Crippen LogP) is 3.12. The molecular weight excluding hydrogens is 264 g/mol. The number of amides is 1. The first-order valence-corrected chi connectivity index (χ1v) is 5.70. The van der Waals surface area contributed by atoms with Crippen molar-refractivity contribution in [3.63, 3.8) is 0 Å². The SMILES string of the molecule is C#CC1CC(=O)N(c2ccc(Cl)c(Cl)c2F)C1. The first kappa shape index (κ1) is 12.2. The summed E-state index contributed by atoms with van der Waals surface area (Å²) in [6.07, 6.45) is 5.49. The van der Waals surface area contributed by atoms with E-state index in [1.807, 2.05) is 0 Å². The van der Waals surface area contributed by atoms with E-state index in [2.05, 4.69) is 5.92 Å². The zero-order chi connectivity index (χ0) is 12.6. The molecule has 0 radical (unpaired) electrons. The van der Waals surface area contributed by atoms with Crippen LogP contribution in [0.5, 0.6) is 0 Å². The Morgan fingerprint density at radius 2 is 2.18 bits per heavy atom. The monoisotopic (exact) mass is 271 g/mol. The van der Waals surface area contributed by atoms with E-state index in [-0.39, 0.29) is 34.0 Å². The van der Waals surface area contributed by atoms with Gasteiger partial charge in [-0.1, -0.05) is 23.2 Å². The Hall–Kier alpha value is -1.24. The lowest BCUT2D eigenvalue weighted by Gasteiger charge is -2.17. The topological polar surface area (TPSA) is 20.3 Å². The van der Waals surface area contributed by atoms with E-state index in [0.29, 0.717) is 6.54 Å². The van der Waals surface area contributed by atoms with Crippen LogP contribution in [-0.2, 0) is 4.79 Å². The van der Waals surface area contributed by atoms with Gasteiger partial charge in [-0.15, -0.1) is 12.3 Å². The first-order chi connectivity index (χ1) is 8.04. The largest absolute Gasteiger partial charge is 0.308 e. The van der Waals surface area contributed by atoms with Crippen molar-refractivity contribution in [1.82, 2.24) is 0 Å². The smallest absolute Gasteiger partial charge is 0.228 e. The van der Waals surface area contributed by atoms with Crippen molar-refractivity contribution in [2.45, 2.75) is 6.42 Å². The molecule has 0 aliphatic carbocycles. The van der Waals surface area contributed by atoms with Crippen molar-refractivity contribution in [3.8, 4) is 12.3 Å². The maximum absolute atomic E-state index is 13.9. The van der Waals surface area contributed by atoms with Crippen molar-refractivity contribution in [2.24, 2.45) is 5.92 Å². The van der Waals surface area contributed by atoms with E-state index in [0.717, 1.165) is 0 Å². The Bertz CT molecular complexity index is 524. The van der Waals surface area contributed by atoms with Gasteiger partial charge in [-0.05, 0) is 12.1 Å². The summed E-state index contributed by atoms with van der Waals surface area (Å²) in [4.78, 5) is 13.0. The Kier molecular flexibility index (Phi) is 3.28. The zero-order valence-corrected chi connectivity index (χ0v) is 10.2. The number of hydrogen-bond acceptors (Lipinski definition) is 1. The van der Waals surface area contributed by atoms with Crippen LogP contribution in [0.2, 0.25) is 10.0 Å². The fourth-order valence-electron chi connectivity index (χ4n) is 1.78. The van der Waals surface area contributed by atoms with Crippen LogP contribution in [0.15, 0.2) is 12.1 Å². The minimum Gasteiger partial charge on any atom is -0.308 e. The highest BCUT2D eigenvalue weighted by molar-refractivity contribution is 6.42. The van der Waals surface area contributed by atoms with Crippen molar-refractivity contribution >= 4 is 34.8 Å². The number of halogens is 3. The highest BCUT2D eigenvalue weighted by atomic mass is 35.5. The Morgan fingerprint density at radius 1 is 1.47 bits per heavy atom. The van der Waals surface area contributed by atoms with Gasteiger partial charge in [0, 0.05) is 18.9 Å². The van der Waals surface area contributed by atoms with Crippen LogP contribution in [0.1, 0.15) is 6.42 Å². The molecule has 0 bridgehead atoms. The molecule has 0 N–H and O–H groups in total. The molecule has 1 unspecified atom stereocenters. The lowest BCUT2D eigenvalue weighted by Crippen LogP contribution is -2.25. The van der Waals surface area contributed by atoms with Crippen molar-refractivity contribution in [2.75, 3.05) is 11.4 Å². The van der Waals surface area contributed by atoms with E-state index in [9.17, 15) is 9.18 Å². The zero-order valence-electron chi connectivity index (χ0n) is 8.71. The maximum atomic E-state index is 13.9. The van der Waals surface area contributed by atoms with Gasteiger partial charge in [0.25, 0.3) is 0 Å². The first-order valence-electron chi connectivity index (χ1n) is 4.94. The average molecular weight is 272 g/mol. The summed E-state index contributed by atoms with van der Waals surface area (Å²) >= 11 is 11.4. The van der Waals surface area contributed by atoms with Crippen LogP contribution >= 0.6 is 23.2 Å². The van der Waals surface area contributed by atoms with Crippen LogP contribution in [0.3, 0.4) is 0 Å². The van der Waals surface area contributed by atoms with E-state index in [1.165, 1.54) is 17.0 Å².